The molecule has 1 unspecified atom stereocenters. The highest BCUT2D eigenvalue weighted by molar-refractivity contribution is 5.60. The van der Waals surface area contributed by atoms with Gasteiger partial charge >= 0.3 is 35.1 Å². The highest BCUT2D eigenvalue weighted by Gasteiger charge is 2.42. The lowest BCUT2D eigenvalue weighted by Crippen LogP contribution is -2.54. The Labute approximate surface area is 819 Å². The molecule has 0 bridgehead atoms. The number of aryl methyl sites for hydroxylation is 4. The number of fused-ring (bicyclic) bond motifs is 2. The number of carbonyl (C=O) groups excluding carboxylic acids is 2. The first-order chi connectivity index (χ1) is 67.7. The normalized spacial score (nSPS) is 24.9. The number of hydrogen-bond acceptors (Lipinski definition) is 26. The molecular formula is C106H150N14O20. The molecule has 2 aliphatic carbocycles. The van der Waals surface area contributed by atoms with Crippen molar-refractivity contribution in [2.24, 2.45) is 11.8 Å². The van der Waals surface area contributed by atoms with Crippen molar-refractivity contribution < 1.29 is 57.7 Å². The SMILES string of the molecule is CC[C@H]1O[C@@H](n2cc(C)c(=O)[nH]c2=O)C[C@H]1O.CC[C@H]1O[C@@H](n2cc(C)c(=O)[nH]c2=O)C[C@H]1O.CC[C@H]1O[C@@H](n2cc(C)c(=O)[nH]c2=O)C[C@H]1OC(=O)OCCN(Cc1ccccc1)CC1CCCC1.CC[C@H]1O[C@@H](n2cc(C)c(=O)[nH]c2=O)C[C@H]1OC(=O)OCCN(Cc1ccccc1)CC1CCCCC1.c1ccc(CN2CCN3CCCCC3C2)cc1.c1ccc(CN2CCN3CCC[C@H]3C2)cc1. The van der Waals surface area contributed by atoms with Crippen LogP contribution in [0, 0.1) is 39.5 Å². The average molecular weight is 1940 g/mol. The lowest BCUT2D eigenvalue weighted by atomic mass is 9.89. The Hall–Kier alpha value is -10.3. The Balaban J connectivity index is 0.000000147. The zero-order chi connectivity index (χ0) is 99.1. The molecule has 18 rings (SSSR count). The molecule has 0 spiro atoms. The topological polar surface area (TPSA) is 387 Å². The van der Waals surface area contributed by atoms with E-state index in [4.69, 9.17) is 37.9 Å². The van der Waals surface area contributed by atoms with E-state index in [9.17, 15) is 58.2 Å². The van der Waals surface area contributed by atoms with Gasteiger partial charge in [0, 0.05) is 176 Å². The third-order valence-electron chi connectivity index (χ3n) is 28.8. The summed E-state index contributed by atoms with van der Waals surface area (Å²) in [5.74, 6) is 1.38. The van der Waals surface area contributed by atoms with Crippen LogP contribution in [0.25, 0.3) is 0 Å². The van der Waals surface area contributed by atoms with Crippen LogP contribution in [0.2, 0.25) is 0 Å². The van der Waals surface area contributed by atoms with Gasteiger partial charge in [0.2, 0.25) is 0 Å². The number of rotatable bonds is 28. The van der Waals surface area contributed by atoms with Gasteiger partial charge in [-0.05, 0) is 152 Å². The summed E-state index contributed by atoms with van der Waals surface area (Å²) < 4.78 is 50.6. The van der Waals surface area contributed by atoms with E-state index in [2.05, 4.69) is 134 Å². The van der Waals surface area contributed by atoms with Gasteiger partial charge < -0.3 is 48.1 Å². The van der Waals surface area contributed by atoms with Gasteiger partial charge in [-0.1, -0.05) is 188 Å². The van der Waals surface area contributed by atoms with Gasteiger partial charge in [0.15, 0.2) is 0 Å². The first-order valence-corrected chi connectivity index (χ1v) is 51.2. The number of aromatic amines is 4. The number of carbonyl (C=O) groups is 2. The van der Waals surface area contributed by atoms with Crippen LogP contribution < -0.4 is 45.0 Å². The predicted molar refractivity (Wildman–Crippen MR) is 533 cm³/mol. The molecule has 34 nitrogen and oxygen atoms in total. The lowest BCUT2D eigenvalue weighted by molar-refractivity contribution is -0.0384. The summed E-state index contributed by atoms with van der Waals surface area (Å²) in [5, 5.41) is 19.4. The minimum absolute atomic E-state index is 0.241. The van der Waals surface area contributed by atoms with Gasteiger partial charge in [-0.25, -0.2) is 28.8 Å². The summed E-state index contributed by atoms with van der Waals surface area (Å²) in [7, 11) is 0. The van der Waals surface area contributed by atoms with Crippen LogP contribution in [0.15, 0.2) is 184 Å². The summed E-state index contributed by atoms with van der Waals surface area (Å²) in [6, 6.07) is 44.1. The molecule has 12 heterocycles. The molecule has 6 N–H and O–H groups in total. The van der Waals surface area contributed by atoms with Crippen molar-refractivity contribution in [3.05, 3.63) is 274 Å². The van der Waals surface area contributed by atoms with Crippen molar-refractivity contribution in [3.63, 3.8) is 0 Å². The summed E-state index contributed by atoms with van der Waals surface area (Å²) >= 11 is 0. The van der Waals surface area contributed by atoms with Crippen molar-refractivity contribution in [3.8, 4) is 0 Å². The van der Waals surface area contributed by atoms with Gasteiger partial charge in [-0.3, -0.25) is 86.8 Å². The highest BCUT2D eigenvalue weighted by Crippen LogP contribution is 2.36. The third-order valence-corrected chi connectivity index (χ3v) is 28.8. The van der Waals surface area contributed by atoms with Gasteiger partial charge in [0.25, 0.3) is 22.2 Å². The van der Waals surface area contributed by atoms with Crippen molar-refractivity contribution in [1.82, 2.24) is 67.6 Å². The van der Waals surface area contributed by atoms with Gasteiger partial charge in [0.05, 0.1) is 36.6 Å². The number of H-pyrrole nitrogens is 4. The average Bonchev–Trinajstić information content (AvgIpc) is 1.67. The molecule has 0 radical (unpaired) electrons. The van der Waals surface area contributed by atoms with Gasteiger partial charge in [0.1, 0.15) is 50.3 Å². The second kappa shape index (κ2) is 53.7. The highest BCUT2D eigenvalue weighted by atomic mass is 16.7. The van der Waals surface area contributed by atoms with E-state index in [1.54, 1.807) is 27.7 Å². The van der Waals surface area contributed by atoms with E-state index < -0.39 is 107 Å². The number of nitrogens with one attached hydrogen (secondary N) is 4. The minimum atomic E-state index is -0.728. The maximum absolute atomic E-state index is 12.6. The Morgan fingerprint density at radius 1 is 0.371 bits per heavy atom. The van der Waals surface area contributed by atoms with Crippen LogP contribution in [-0.2, 0) is 64.1 Å². The van der Waals surface area contributed by atoms with E-state index in [1.165, 1.54) is 208 Å². The first-order valence-electron chi connectivity index (χ1n) is 51.2. The number of benzene rings is 4. The van der Waals surface area contributed by atoms with E-state index >= 15 is 0 Å². The summed E-state index contributed by atoms with van der Waals surface area (Å²) in [5.41, 5.74) is 3.37. The van der Waals surface area contributed by atoms with E-state index in [0.29, 0.717) is 98.5 Å². The number of piperidine rings is 1. The lowest BCUT2D eigenvalue weighted by Gasteiger charge is -2.44. The van der Waals surface area contributed by atoms with Crippen molar-refractivity contribution in [1.29, 1.82) is 0 Å². The van der Waals surface area contributed by atoms with Crippen LogP contribution in [0.1, 0.15) is 238 Å². The molecule has 2 saturated carbocycles. The van der Waals surface area contributed by atoms with Crippen molar-refractivity contribution >= 4 is 12.3 Å². The number of aliphatic hydroxyl groups excluding tert-OH is 2. The predicted octanol–water partition coefficient (Wildman–Crippen LogP) is 12.0. The minimum Gasteiger partial charge on any atom is -0.433 e. The maximum Gasteiger partial charge on any atom is 0.508 e. The Morgan fingerprint density at radius 3 is 1.02 bits per heavy atom. The Kier molecular flexibility index (Phi) is 41.0. The standard InChI is InChI=1S/C28H39N3O6.C27H37N3O6.C15H22N2.C14H20N2.2C11H16N2O4/c1-3-23-24(16-25(36-23)31-17-20(2)26(32)29-27(31)33)37-28(34)35-15-14-30(18-21-10-6-4-7-11-21)19-22-12-8-5-9-13-22;1-3-22-23(15-24(35-22)30-16-19(2)25(31)28-26(30)32)36-27(33)34-14-13-29(18-21-11-7-8-12-21)17-20-9-5-4-6-10-20;1-2-6-14(7-3-1)12-16-10-11-17-9-5-4-8-15(17)13-16;1-2-5-13(6-3-1)11-15-9-10-16-8-4-7-14(16)12-15;2*1-3-8-7(14)4-9(17-8)13-5-6(2)10(15)12-11(13)16/h4,6-7,10-11,17,22-25H,3,5,8-9,12-16,18-19H2,1-2H3,(H,29,32,33);4-6,9-10,16,21-24H,3,7-8,11-15,17-18H2,1-2H3,(H,28,31,32);1-3,6-7,15H,4-5,8-13H2;1-3,5-6,14H,4,7-12H2;2*5,7-9,14H,3-4H2,1-2H3,(H,12,15,16)/t23-,24-,25-;22-,23-,24-;;14-;2*7-,8-,9-/m11.011/s1. The molecule has 10 fully saturated rings. The van der Waals surface area contributed by atoms with Gasteiger partial charge in [-0.2, -0.15) is 0 Å². The number of ether oxygens (including phenoxy) is 8. The summed E-state index contributed by atoms with van der Waals surface area (Å²) in [6.07, 6.45) is 21.3. The molecule has 8 aliphatic heterocycles. The number of piperazine rings is 2. The first kappa shape index (κ1) is 107. The Morgan fingerprint density at radius 2 is 0.679 bits per heavy atom. The van der Waals surface area contributed by atoms with Crippen LogP contribution in [-0.4, -0.2) is 243 Å². The molecule has 10 aliphatic rings. The third kappa shape index (κ3) is 31.3. The molecule has 764 valence electrons. The van der Waals surface area contributed by atoms with Crippen LogP contribution in [0.5, 0.6) is 0 Å². The fraction of sp³-hybridized carbons (Fsp3) is 0.604. The van der Waals surface area contributed by atoms with Crippen LogP contribution in [0.3, 0.4) is 0 Å². The monoisotopic (exact) mass is 1940 g/mol. The number of hydrogen-bond donors (Lipinski definition) is 6. The molecule has 8 saturated heterocycles. The summed E-state index contributed by atoms with van der Waals surface area (Å²) in [6.45, 7) is 32.1. The molecule has 140 heavy (non-hydrogen) atoms. The fourth-order valence-corrected chi connectivity index (χ4v) is 20.9. The summed E-state index contributed by atoms with van der Waals surface area (Å²) in [4.78, 5) is 143. The molecule has 4 aromatic carbocycles. The molecule has 4 aromatic heterocycles. The van der Waals surface area contributed by atoms with E-state index in [-0.39, 0.29) is 37.6 Å². The van der Waals surface area contributed by atoms with E-state index in [0.717, 1.165) is 51.4 Å². The van der Waals surface area contributed by atoms with E-state index in [1.807, 2.05) is 64.1 Å². The van der Waals surface area contributed by atoms with Crippen LogP contribution in [0.4, 0.5) is 9.59 Å². The van der Waals surface area contributed by atoms with Gasteiger partial charge in [-0.15, -0.1) is 0 Å². The Bertz CT molecular complexity index is 5570. The number of aromatic nitrogens is 8. The number of nitrogens with zero attached hydrogens (tertiary/aromatic N) is 10. The molecule has 14 atom stereocenters. The number of aliphatic hydroxyl groups is 2. The quantitative estimate of drug-likeness (QED) is 0.0248. The van der Waals surface area contributed by atoms with Crippen molar-refractivity contribution in [2.75, 3.05) is 91.8 Å². The molecule has 34 heteroatoms. The van der Waals surface area contributed by atoms with Crippen LogP contribution >= 0.6 is 0 Å². The molecule has 8 aromatic rings. The molecule has 0 amide bonds. The fourth-order valence-electron chi connectivity index (χ4n) is 20.9. The second-order valence-corrected chi connectivity index (χ2v) is 39.2. The smallest absolute Gasteiger partial charge is 0.433 e. The largest absolute Gasteiger partial charge is 0.508 e. The molecular weight excluding hydrogens is 1790 g/mol. The second-order valence-electron chi connectivity index (χ2n) is 39.2. The maximum atomic E-state index is 12.6. The zero-order valence-corrected chi connectivity index (χ0v) is 83.1. The van der Waals surface area contributed by atoms with Crippen molar-refractivity contribution in [2.45, 2.75) is 309 Å². The zero-order valence-electron chi connectivity index (χ0n) is 83.1.